The minimum atomic E-state index is -0.814. The van der Waals surface area contributed by atoms with E-state index in [-0.39, 0.29) is 18.1 Å². The minimum absolute atomic E-state index is 0.234. The molecule has 0 spiro atoms. The van der Waals surface area contributed by atoms with Crippen molar-refractivity contribution in [2.45, 2.75) is 36.6 Å². The Hall–Kier alpha value is -3.86. The molecule has 0 aliphatic carbocycles. The zero-order valence-corrected chi connectivity index (χ0v) is 25.0. The molecule has 8 nitrogen and oxygen atoms in total. The van der Waals surface area contributed by atoms with Crippen LogP contribution in [0, 0.1) is 12.8 Å². The highest BCUT2D eigenvalue weighted by atomic mass is 35.5. The predicted molar refractivity (Wildman–Crippen MR) is 162 cm³/mol. The van der Waals surface area contributed by atoms with Crippen LogP contribution in [0.1, 0.15) is 44.8 Å². The number of hydrogen-bond acceptors (Lipinski definition) is 8. The molecular formula is C31H25ClN2O6S2. The lowest BCUT2D eigenvalue weighted by Gasteiger charge is -2.31. The third-order valence-electron chi connectivity index (χ3n) is 7.24. The number of aromatic amines is 1. The van der Waals surface area contributed by atoms with Crippen molar-refractivity contribution < 1.29 is 23.9 Å². The molecule has 3 unspecified atom stereocenters. The Bertz CT molecular complexity index is 1770. The van der Waals surface area contributed by atoms with Crippen molar-refractivity contribution in [1.29, 1.82) is 0 Å². The summed E-state index contributed by atoms with van der Waals surface area (Å²) in [6.45, 7) is 4.24. The first-order chi connectivity index (χ1) is 20.2. The lowest BCUT2D eigenvalue weighted by Crippen LogP contribution is -2.32. The van der Waals surface area contributed by atoms with Crippen LogP contribution < -0.4 is 14.5 Å². The van der Waals surface area contributed by atoms with Gasteiger partial charge in [0.15, 0.2) is 0 Å². The van der Waals surface area contributed by atoms with E-state index in [0.29, 0.717) is 37.5 Å². The largest absolute Gasteiger partial charge is 0.489 e. The fourth-order valence-corrected chi connectivity index (χ4v) is 8.11. The molecule has 3 aromatic carbocycles. The molecule has 0 saturated carbocycles. The van der Waals surface area contributed by atoms with Crippen LogP contribution in [0.25, 0.3) is 0 Å². The van der Waals surface area contributed by atoms with Crippen LogP contribution in [0.15, 0.2) is 76.6 Å². The van der Waals surface area contributed by atoms with Crippen LogP contribution in [-0.2, 0) is 20.9 Å². The summed E-state index contributed by atoms with van der Waals surface area (Å²) in [5.41, 5.74) is 3.38. The van der Waals surface area contributed by atoms with Crippen LogP contribution in [-0.4, -0.2) is 34.6 Å². The first kappa shape index (κ1) is 28.3. The number of halogens is 1. The number of aryl methyl sites for hydroxylation is 1. The number of thiazole rings is 1. The van der Waals surface area contributed by atoms with Gasteiger partial charge in [0.1, 0.15) is 17.6 Å². The van der Waals surface area contributed by atoms with Gasteiger partial charge in [-0.05, 0) is 61.9 Å². The highest BCUT2D eigenvalue weighted by Crippen LogP contribution is 2.54. The summed E-state index contributed by atoms with van der Waals surface area (Å²) in [5, 5.41) is 0.213. The van der Waals surface area contributed by atoms with E-state index >= 15 is 0 Å². The lowest BCUT2D eigenvalue weighted by atomic mass is 9.82. The van der Waals surface area contributed by atoms with E-state index in [1.54, 1.807) is 37.3 Å². The number of esters is 1. The lowest BCUT2D eigenvalue weighted by molar-refractivity contribution is -0.122. The number of aromatic nitrogens is 1. The quantitative estimate of drug-likeness (QED) is 0.201. The Kier molecular flexibility index (Phi) is 7.69. The summed E-state index contributed by atoms with van der Waals surface area (Å²) >= 11 is 8.68. The van der Waals surface area contributed by atoms with Gasteiger partial charge in [0, 0.05) is 21.4 Å². The molecule has 3 atom stereocenters. The highest BCUT2D eigenvalue weighted by Gasteiger charge is 2.56. The van der Waals surface area contributed by atoms with Gasteiger partial charge in [0.25, 0.3) is 0 Å². The van der Waals surface area contributed by atoms with Gasteiger partial charge in [-0.15, -0.1) is 0 Å². The maximum Gasteiger partial charge on any atom is 0.338 e. The Morgan fingerprint density at radius 2 is 1.81 bits per heavy atom. The molecule has 214 valence electrons. The first-order valence-corrected chi connectivity index (χ1v) is 15.3. The fraction of sp³-hybridized carbons (Fsp3) is 0.226. The smallest absolute Gasteiger partial charge is 0.338 e. The summed E-state index contributed by atoms with van der Waals surface area (Å²) < 4.78 is 11.3. The number of nitrogens with one attached hydrogen (secondary N) is 1. The van der Waals surface area contributed by atoms with E-state index in [1.807, 2.05) is 31.2 Å². The van der Waals surface area contributed by atoms with Gasteiger partial charge in [-0.25, -0.2) is 9.69 Å². The highest BCUT2D eigenvalue weighted by molar-refractivity contribution is 8.00. The standard InChI is InChI=1S/C31H25ClN2O6S2/c1-3-39-30(37)18-7-10-20(11-8-18)34-28(35)24-23(25-27(33-31(38)42-25)41-26(24)29(34)36)21-14-19(32)9-12-22(21)40-15-17-6-4-5-16(2)13-17/h4-14,23-24,26H,3,15H2,1-2H3,(H,33,38). The van der Waals surface area contributed by atoms with Crippen LogP contribution in [0.3, 0.4) is 0 Å². The van der Waals surface area contributed by atoms with Crippen LogP contribution >= 0.6 is 34.7 Å². The normalized spacial score (nSPS) is 19.4. The number of nitrogens with zero attached hydrogens (tertiary/aromatic N) is 1. The summed E-state index contributed by atoms with van der Waals surface area (Å²) in [7, 11) is 0. The zero-order chi connectivity index (χ0) is 29.5. The molecule has 1 saturated heterocycles. The van der Waals surface area contributed by atoms with E-state index in [9.17, 15) is 19.2 Å². The second-order valence-electron chi connectivity index (χ2n) is 9.99. The number of thioether (sulfide) groups is 1. The van der Waals surface area contributed by atoms with E-state index in [0.717, 1.165) is 27.4 Å². The van der Waals surface area contributed by atoms with Crippen molar-refractivity contribution in [3.63, 3.8) is 0 Å². The average molecular weight is 621 g/mol. The molecule has 42 heavy (non-hydrogen) atoms. The Labute approximate surface area is 254 Å². The molecular weight excluding hydrogens is 596 g/mol. The number of ether oxygens (including phenoxy) is 2. The number of benzene rings is 3. The molecule has 0 bridgehead atoms. The number of rotatable bonds is 7. The van der Waals surface area contributed by atoms with Gasteiger partial charge in [-0.2, -0.15) is 0 Å². The topological polar surface area (TPSA) is 106 Å². The molecule has 4 aromatic rings. The molecule has 0 radical (unpaired) electrons. The fourth-order valence-electron chi connectivity index (χ4n) is 5.42. The third kappa shape index (κ3) is 5.14. The zero-order valence-electron chi connectivity index (χ0n) is 22.6. The molecule has 11 heteroatoms. The van der Waals surface area contributed by atoms with Crippen molar-refractivity contribution in [2.75, 3.05) is 11.5 Å². The Balaban J connectivity index is 1.39. The maximum atomic E-state index is 14.1. The van der Waals surface area contributed by atoms with Crippen molar-refractivity contribution in [3.05, 3.63) is 109 Å². The van der Waals surface area contributed by atoms with Gasteiger partial charge in [-0.1, -0.05) is 64.5 Å². The second-order valence-corrected chi connectivity index (χ2v) is 12.6. The summed E-state index contributed by atoms with van der Waals surface area (Å²) in [6, 6.07) is 19.4. The molecule has 2 aliphatic rings. The monoisotopic (exact) mass is 620 g/mol. The third-order valence-corrected chi connectivity index (χ3v) is 9.88. The minimum Gasteiger partial charge on any atom is -0.489 e. The van der Waals surface area contributed by atoms with E-state index in [4.69, 9.17) is 21.1 Å². The summed E-state index contributed by atoms with van der Waals surface area (Å²) in [5.74, 6) is -2.23. The number of carbonyl (C=O) groups excluding carboxylic acids is 3. The van der Waals surface area contributed by atoms with Crippen molar-refractivity contribution >= 4 is 58.2 Å². The van der Waals surface area contributed by atoms with Crippen LogP contribution in [0.2, 0.25) is 5.02 Å². The molecule has 6 rings (SSSR count). The number of carbonyl (C=O) groups is 3. The molecule has 1 fully saturated rings. The van der Waals surface area contributed by atoms with Crippen molar-refractivity contribution in [2.24, 2.45) is 5.92 Å². The van der Waals surface area contributed by atoms with Gasteiger partial charge in [0.05, 0.1) is 28.8 Å². The number of imide groups is 1. The second kappa shape index (κ2) is 11.4. The average Bonchev–Trinajstić information content (AvgIpc) is 3.46. The molecule has 1 aromatic heterocycles. The molecule has 2 aliphatic heterocycles. The Morgan fingerprint density at radius 3 is 2.55 bits per heavy atom. The Morgan fingerprint density at radius 1 is 1.02 bits per heavy atom. The van der Waals surface area contributed by atoms with E-state index in [1.165, 1.54) is 23.9 Å². The molecule has 1 N–H and O–H groups in total. The molecule has 3 heterocycles. The van der Waals surface area contributed by atoms with Crippen LogP contribution in [0.4, 0.5) is 5.69 Å². The van der Waals surface area contributed by atoms with E-state index < -0.39 is 34.9 Å². The van der Waals surface area contributed by atoms with Crippen LogP contribution in [0.5, 0.6) is 5.75 Å². The van der Waals surface area contributed by atoms with Crippen molar-refractivity contribution in [1.82, 2.24) is 4.98 Å². The van der Waals surface area contributed by atoms with Gasteiger partial charge < -0.3 is 14.5 Å². The summed E-state index contributed by atoms with van der Waals surface area (Å²) in [6.07, 6.45) is 0. The van der Waals surface area contributed by atoms with Gasteiger partial charge >= 0.3 is 10.8 Å². The summed E-state index contributed by atoms with van der Waals surface area (Å²) in [4.78, 5) is 57.0. The van der Waals surface area contributed by atoms with E-state index in [2.05, 4.69) is 4.98 Å². The molecule has 2 amide bonds. The number of fused-ring (bicyclic) bond motifs is 2. The predicted octanol–water partition coefficient (Wildman–Crippen LogP) is 5.95. The number of hydrogen-bond donors (Lipinski definition) is 1. The van der Waals surface area contributed by atoms with Gasteiger partial charge in [-0.3, -0.25) is 14.4 Å². The number of H-pyrrole nitrogens is 1. The number of anilines is 1. The number of amides is 2. The van der Waals surface area contributed by atoms with Gasteiger partial charge in [0.2, 0.25) is 11.8 Å². The first-order valence-electron chi connectivity index (χ1n) is 13.3. The SMILES string of the molecule is CCOC(=O)c1ccc(N2C(=O)C3Sc4[nH]c(=O)sc4C(c4cc(Cl)ccc4OCc4cccc(C)c4)C3C2=O)cc1. The maximum absolute atomic E-state index is 14.1. The van der Waals surface area contributed by atoms with Crippen molar-refractivity contribution in [3.8, 4) is 5.75 Å².